The van der Waals surface area contributed by atoms with E-state index in [0.717, 1.165) is 21.1 Å². The Labute approximate surface area is 176 Å². The Hall–Kier alpha value is -3.17. The van der Waals surface area contributed by atoms with Gasteiger partial charge in [-0.05, 0) is 49.2 Å². The molecule has 0 atom stereocenters. The topological polar surface area (TPSA) is 93.5 Å². The minimum absolute atomic E-state index is 0.0966. The van der Waals surface area contributed by atoms with Crippen LogP contribution in [0.15, 0.2) is 53.6 Å². The molecule has 3 aromatic rings. The highest BCUT2D eigenvalue weighted by atomic mass is 32.2. The standard InChI is InChI=1S/C21H24N4O4S/c1-14-11-17(30(27,28)24(3)4)12-18(15(14)2)22-21(26)20-19(29-5)13-25(23-20)16-9-7-6-8-10-16/h6-13H,1-5H3,(H,22,26). The van der Waals surface area contributed by atoms with Gasteiger partial charge in [0.2, 0.25) is 10.0 Å². The van der Waals surface area contributed by atoms with E-state index < -0.39 is 15.9 Å². The number of carbonyl (C=O) groups is 1. The highest BCUT2D eigenvalue weighted by Crippen LogP contribution is 2.27. The minimum atomic E-state index is -3.65. The largest absolute Gasteiger partial charge is 0.493 e. The van der Waals surface area contributed by atoms with Crippen LogP contribution in [-0.4, -0.2) is 49.6 Å². The van der Waals surface area contributed by atoms with Gasteiger partial charge in [-0.2, -0.15) is 5.10 Å². The first-order valence-electron chi connectivity index (χ1n) is 9.19. The number of ether oxygens (including phenoxy) is 1. The number of hydrogen-bond donors (Lipinski definition) is 1. The molecule has 0 aliphatic rings. The van der Waals surface area contributed by atoms with Gasteiger partial charge in [-0.3, -0.25) is 4.79 Å². The summed E-state index contributed by atoms with van der Waals surface area (Å²) in [5.41, 5.74) is 2.79. The van der Waals surface area contributed by atoms with Crippen LogP contribution < -0.4 is 10.1 Å². The van der Waals surface area contributed by atoms with E-state index in [4.69, 9.17) is 4.74 Å². The smallest absolute Gasteiger partial charge is 0.280 e. The molecule has 0 saturated carbocycles. The average Bonchev–Trinajstić information content (AvgIpc) is 3.16. The van der Waals surface area contributed by atoms with E-state index in [1.165, 1.54) is 27.3 Å². The van der Waals surface area contributed by atoms with E-state index in [1.807, 2.05) is 37.3 Å². The summed E-state index contributed by atoms with van der Waals surface area (Å²) in [5.74, 6) is -0.189. The molecule has 0 bridgehead atoms. The maximum absolute atomic E-state index is 13.0. The van der Waals surface area contributed by atoms with Crippen molar-refractivity contribution in [2.45, 2.75) is 18.7 Å². The molecule has 0 spiro atoms. The minimum Gasteiger partial charge on any atom is -0.493 e. The van der Waals surface area contributed by atoms with Crippen LogP contribution in [0.5, 0.6) is 5.75 Å². The number of para-hydroxylation sites is 1. The zero-order chi connectivity index (χ0) is 22.1. The van der Waals surface area contributed by atoms with E-state index in [2.05, 4.69) is 10.4 Å². The summed E-state index contributed by atoms with van der Waals surface area (Å²) in [5, 5.41) is 7.13. The van der Waals surface area contributed by atoms with Crippen molar-refractivity contribution in [1.82, 2.24) is 14.1 Å². The molecule has 2 aromatic carbocycles. The molecule has 0 radical (unpaired) electrons. The fourth-order valence-electron chi connectivity index (χ4n) is 2.88. The lowest BCUT2D eigenvalue weighted by Crippen LogP contribution is -2.23. The van der Waals surface area contributed by atoms with Gasteiger partial charge in [-0.25, -0.2) is 17.4 Å². The zero-order valence-electron chi connectivity index (χ0n) is 17.5. The number of carbonyl (C=O) groups excluding carboxylic acids is 1. The van der Waals surface area contributed by atoms with Crippen LogP contribution in [0.25, 0.3) is 5.69 Å². The molecule has 1 aromatic heterocycles. The summed E-state index contributed by atoms with van der Waals surface area (Å²) in [7, 11) is 0.739. The van der Waals surface area contributed by atoms with E-state index >= 15 is 0 Å². The summed E-state index contributed by atoms with van der Waals surface area (Å²) in [6.07, 6.45) is 1.62. The Morgan fingerprint density at radius 1 is 1.13 bits per heavy atom. The maximum Gasteiger partial charge on any atom is 0.280 e. The Morgan fingerprint density at radius 3 is 2.40 bits per heavy atom. The molecule has 1 N–H and O–H groups in total. The lowest BCUT2D eigenvalue weighted by atomic mass is 10.1. The lowest BCUT2D eigenvalue weighted by molar-refractivity contribution is 0.101. The first-order valence-corrected chi connectivity index (χ1v) is 10.6. The van der Waals surface area contributed by atoms with Gasteiger partial charge in [0.05, 0.1) is 23.9 Å². The molecule has 0 unspecified atom stereocenters. The van der Waals surface area contributed by atoms with Crippen LogP contribution in [0.3, 0.4) is 0 Å². The Kier molecular flexibility index (Phi) is 5.95. The van der Waals surface area contributed by atoms with Crippen LogP contribution in [0.4, 0.5) is 5.69 Å². The van der Waals surface area contributed by atoms with Crippen molar-refractivity contribution in [1.29, 1.82) is 0 Å². The average molecular weight is 429 g/mol. The quantitative estimate of drug-likeness (QED) is 0.651. The van der Waals surface area contributed by atoms with E-state index in [-0.39, 0.29) is 10.6 Å². The number of nitrogens with zero attached hydrogens (tertiary/aromatic N) is 3. The first-order chi connectivity index (χ1) is 14.1. The fraction of sp³-hybridized carbons (Fsp3) is 0.238. The molecular weight excluding hydrogens is 404 g/mol. The van der Waals surface area contributed by atoms with Crippen LogP contribution in [0.1, 0.15) is 21.6 Å². The third-order valence-electron chi connectivity index (χ3n) is 4.80. The second kappa shape index (κ2) is 8.29. The molecular formula is C21H24N4O4S. The number of hydrogen-bond acceptors (Lipinski definition) is 5. The maximum atomic E-state index is 13.0. The zero-order valence-corrected chi connectivity index (χ0v) is 18.3. The van der Waals surface area contributed by atoms with Crippen molar-refractivity contribution in [3.05, 3.63) is 65.5 Å². The van der Waals surface area contributed by atoms with E-state index in [1.54, 1.807) is 23.9 Å². The Morgan fingerprint density at radius 2 is 1.80 bits per heavy atom. The number of methoxy groups -OCH3 is 1. The predicted octanol–water partition coefficient (Wildman–Crippen LogP) is 3.00. The van der Waals surface area contributed by atoms with Crippen LogP contribution in [0, 0.1) is 13.8 Å². The second-order valence-corrected chi connectivity index (χ2v) is 9.13. The molecule has 3 rings (SSSR count). The molecule has 1 heterocycles. The molecule has 158 valence electrons. The summed E-state index contributed by atoms with van der Waals surface area (Å²) in [4.78, 5) is 13.1. The number of aromatic nitrogens is 2. The summed E-state index contributed by atoms with van der Waals surface area (Å²) >= 11 is 0. The van der Waals surface area contributed by atoms with Gasteiger partial charge >= 0.3 is 0 Å². The Bertz CT molecular complexity index is 1190. The van der Waals surface area contributed by atoms with Gasteiger partial charge in [0, 0.05) is 19.8 Å². The molecule has 0 fully saturated rings. The number of rotatable bonds is 6. The molecule has 0 saturated heterocycles. The molecule has 30 heavy (non-hydrogen) atoms. The van der Waals surface area contributed by atoms with Gasteiger partial charge in [-0.15, -0.1) is 0 Å². The van der Waals surface area contributed by atoms with Gasteiger partial charge in [0.1, 0.15) is 0 Å². The van der Waals surface area contributed by atoms with Crippen molar-refractivity contribution in [3.63, 3.8) is 0 Å². The van der Waals surface area contributed by atoms with Crippen LogP contribution in [-0.2, 0) is 10.0 Å². The van der Waals surface area contributed by atoms with Crippen LogP contribution >= 0.6 is 0 Å². The third-order valence-corrected chi connectivity index (χ3v) is 6.60. The molecule has 9 heteroatoms. The highest BCUT2D eigenvalue weighted by Gasteiger charge is 2.23. The molecule has 8 nitrogen and oxygen atoms in total. The molecule has 1 amide bonds. The molecule has 0 aliphatic heterocycles. The number of amides is 1. The number of sulfonamides is 1. The normalized spacial score (nSPS) is 11.5. The van der Waals surface area contributed by atoms with Crippen molar-refractivity contribution < 1.29 is 17.9 Å². The first kappa shape index (κ1) is 21.5. The lowest BCUT2D eigenvalue weighted by Gasteiger charge is -2.16. The summed E-state index contributed by atoms with van der Waals surface area (Å²) in [6.45, 7) is 3.61. The number of benzene rings is 2. The number of nitrogens with one attached hydrogen (secondary N) is 1. The van der Waals surface area contributed by atoms with Gasteiger partial charge in [-0.1, -0.05) is 18.2 Å². The predicted molar refractivity (Wildman–Crippen MR) is 115 cm³/mol. The summed E-state index contributed by atoms with van der Waals surface area (Å²) < 4.78 is 33.1. The highest BCUT2D eigenvalue weighted by molar-refractivity contribution is 7.89. The van der Waals surface area contributed by atoms with Crippen LogP contribution in [0.2, 0.25) is 0 Å². The van der Waals surface area contributed by atoms with E-state index in [9.17, 15) is 13.2 Å². The monoisotopic (exact) mass is 428 g/mol. The number of aryl methyl sites for hydroxylation is 1. The van der Waals surface area contributed by atoms with Gasteiger partial charge in [0.25, 0.3) is 5.91 Å². The SMILES string of the molecule is COc1cn(-c2ccccc2)nc1C(=O)Nc1cc(S(=O)(=O)N(C)C)cc(C)c1C. The van der Waals surface area contributed by atoms with E-state index in [0.29, 0.717) is 11.4 Å². The van der Waals surface area contributed by atoms with Crippen molar-refractivity contribution >= 4 is 21.6 Å². The fourth-order valence-corrected chi connectivity index (χ4v) is 3.89. The van der Waals surface area contributed by atoms with Gasteiger partial charge < -0.3 is 10.1 Å². The number of anilines is 1. The molecule has 0 aliphatic carbocycles. The Balaban J connectivity index is 1.99. The third kappa shape index (κ3) is 4.07. The van der Waals surface area contributed by atoms with Gasteiger partial charge in [0.15, 0.2) is 11.4 Å². The van der Waals surface area contributed by atoms with Crippen molar-refractivity contribution in [2.75, 3.05) is 26.5 Å². The van der Waals surface area contributed by atoms with Crippen molar-refractivity contribution in [2.24, 2.45) is 0 Å². The second-order valence-electron chi connectivity index (χ2n) is 6.98. The summed E-state index contributed by atoms with van der Waals surface area (Å²) in [6, 6.07) is 12.4. The van der Waals surface area contributed by atoms with Crippen molar-refractivity contribution in [3.8, 4) is 11.4 Å².